The Morgan fingerprint density at radius 3 is 3.00 bits per heavy atom. The standard InChI is InChI=1S/C11H19NO2/c1-12(9-5-8-11(13)14)10-6-3-2-4-7-10/h3,6,10H,2,4-5,7-9H2,1H3,(H,13,14). The van der Waals surface area contributed by atoms with Crippen molar-refractivity contribution in [2.45, 2.75) is 38.1 Å². The van der Waals surface area contributed by atoms with Gasteiger partial charge in [-0.25, -0.2) is 0 Å². The monoisotopic (exact) mass is 197 g/mol. The number of hydrogen-bond acceptors (Lipinski definition) is 2. The first-order valence-corrected chi connectivity index (χ1v) is 5.29. The summed E-state index contributed by atoms with van der Waals surface area (Å²) < 4.78 is 0. The van der Waals surface area contributed by atoms with E-state index in [1.807, 2.05) is 0 Å². The van der Waals surface area contributed by atoms with Crippen LogP contribution in [0.1, 0.15) is 32.1 Å². The van der Waals surface area contributed by atoms with Gasteiger partial charge in [0.05, 0.1) is 0 Å². The van der Waals surface area contributed by atoms with Crippen LogP contribution in [-0.2, 0) is 4.79 Å². The second kappa shape index (κ2) is 5.81. The molecule has 0 heterocycles. The Morgan fingerprint density at radius 1 is 1.64 bits per heavy atom. The summed E-state index contributed by atoms with van der Waals surface area (Å²) in [4.78, 5) is 12.6. The van der Waals surface area contributed by atoms with Crippen LogP contribution in [0.4, 0.5) is 0 Å². The SMILES string of the molecule is CN(CCCC(=O)O)C1C=CCCC1. The summed E-state index contributed by atoms with van der Waals surface area (Å²) in [6.45, 7) is 0.876. The zero-order valence-corrected chi connectivity index (χ0v) is 8.78. The molecule has 0 aromatic rings. The van der Waals surface area contributed by atoms with Crippen LogP contribution in [0, 0.1) is 0 Å². The summed E-state index contributed by atoms with van der Waals surface area (Å²) in [6.07, 6.45) is 9.15. The van der Waals surface area contributed by atoms with Gasteiger partial charge >= 0.3 is 5.97 Å². The molecule has 3 nitrogen and oxygen atoms in total. The summed E-state index contributed by atoms with van der Waals surface area (Å²) >= 11 is 0. The van der Waals surface area contributed by atoms with Crippen molar-refractivity contribution in [3.05, 3.63) is 12.2 Å². The van der Waals surface area contributed by atoms with Crippen LogP contribution >= 0.6 is 0 Å². The molecular formula is C11H19NO2. The summed E-state index contributed by atoms with van der Waals surface area (Å²) in [5, 5.41) is 8.50. The molecule has 0 aliphatic heterocycles. The largest absolute Gasteiger partial charge is 0.481 e. The molecule has 0 radical (unpaired) electrons. The maximum Gasteiger partial charge on any atom is 0.303 e. The molecule has 1 rings (SSSR count). The van der Waals surface area contributed by atoms with Gasteiger partial charge in [0, 0.05) is 12.5 Å². The van der Waals surface area contributed by atoms with Gasteiger partial charge in [-0.05, 0) is 39.3 Å². The number of carboxylic acids is 1. The quantitative estimate of drug-likeness (QED) is 0.684. The lowest BCUT2D eigenvalue weighted by molar-refractivity contribution is -0.137. The molecule has 0 aromatic heterocycles. The summed E-state index contributed by atoms with van der Waals surface area (Å²) in [7, 11) is 2.07. The van der Waals surface area contributed by atoms with Crippen molar-refractivity contribution in [1.29, 1.82) is 0 Å². The van der Waals surface area contributed by atoms with Crippen LogP contribution in [0.25, 0.3) is 0 Å². The van der Waals surface area contributed by atoms with E-state index in [-0.39, 0.29) is 6.42 Å². The van der Waals surface area contributed by atoms with Gasteiger partial charge in [-0.2, -0.15) is 0 Å². The third-order valence-electron chi connectivity index (χ3n) is 2.70. The molecule has 0 fully saturated rings. The predicted octanol–water partition coefficient (Wildman–Crippen LogP) is 1.89. The van der Waals surface area contributed by atoms with Gasteiger partial charge in [-0.3, -0.25) is 9.69 Å². The van der Waals surface area contributed by atoms with E-state index < -0.39 is 5.97 Å². The molecule has 1 aliphatic carbocycles. The third kappa shape index (κ3) is 3.92. The van der Waals surface area contributed by atoms with E-state index >= 15 is 0 Å². The lowest BCUT2D eigenvalue weighted by Crippen LogP contribution is -2.32. The second-order valence-electron chi connectivity index (χ2n) is 3.90. The maximum atomic E-state index is 10.3. The summed E-state index contributed by atoms with van der Waals surface area (Å²) in [6, 6.07) is 0.526. The normalized spacial score (nSPS) is 21.4. The molecule has 0 saturated carbocycles. The highest BCUT2D eigenvalue weighted by molar-refractivity contribution is 5.66. The highest BCUT2D eigenvalue weighted by Gasteiger charge is 2.13. The fourth-order valence-corrected chi connectivity index (χ4v) is 1.81. The van der Waals surface area contributed by atoms with Crippen LogP contribution in [0.15, 0.2) is 12.2 Å². The number of allylic oxidation sites excluding steroid dienone is 1. The first-order chi connectivity index (χ1) is 6.70. The number of aliphatic carboxylic acids is 1. The van der Waals surface area contributed by atoms with Gasteiger partial charge in [-0.15, -0.1) is 0 Å². The fraction of sp³-hybridized carbons (Fsp3) is 0.727. The van der Waals surface area contributed by atoms with E-state index in [4.69, 9.17) is 5.11 Å². The molecule has 0 amide bonds. The molecule has 0 aromatic carbocycles. The molecule has 0 spiro atoms. The molecule has 1 aliphatic rings. The first-order valence-electron chi connectivity index (χ1n) is 5.29. The third-order valence-corrected chi connectivity index (χ3v) is 2.70. The zero-order chi connectivity index (χ0) is 10.4. The molecule has 1 atom stereocenters. The van der Waals surface area contributed by atoms with Gasteiger partial charge in [0.25, 0.3) is 0 Å². The average molecular weight is 197 g/mol. The van der Waals surface area contributed by atoms with Crippen molar-refractivity contribution in [1.82, 2.24) is 4.90 Å². The van der Waals surface area contributed by atoms with Crippen molar-refractivity contribution in [3.63, 3.8) is 0 Å². The minimum absolute atomic E-state index is 0.279. The Hall–Kier alpha value is -0.830. The van der Waals surface area contributed by atoms with Crippen molar-refractivity contribution in [3.8, 4) is 0 Å². The molecule has 1 N–H and O–H groups in total. The van der Waals surface area contributed by atoms with Gasteiger partial charge in [0.2, 0.25) is 0 Å². The topological polar surface area (TPSA) is 40.5 Å². The minimum atomic E-state index is -0.697. The Bertz CT molecular complexity index is 213. The number of carboxylic acid groups (broad SMARTS) is 1. The van der Waals surface area contributed by atoms with Crippen molar-refractivity contribution < 1.29 is 9.90 Å². The molecule has 1 unspecified atom stereocenters. The highest BCUT2D eigenvalue weighted by Crippen LogP contribution is 2.15. The number of likely N-dealkylation sites (N-methyl/N-ethyl adjacent to an activating group) is 1. The van der Waals surface area contributed by atoms with E-state index in [2.05, 4.69) is 24.1 Å². The van der Waals surface area contributed by atoms with Crippen LogP contribution in [-0.4, -0.2) is 35.6 Å². The van der Waals surface area contributed by atoms with Crippen molar-refractivity contribution in [2.24, 2.45) is 0 Å². The summed E-state index contributed by atoms with van der Waals surface area (Å²) in [5.74, 6) is -0.697. The van der Waals surface area contributed by atoms with E-state index in [1.54, 1.807) is 0 Å². The van der Waals surface area contributed by atoms with Gasteiger partial charge in [0.15, 0.2) is 0 Å². The predicted molar refractivity (Wildman–Crippen MR) is 56.3 cm³/mol. The Kier molecular flexibility index (Phi) is 4.66. The zero-order valence-electron chi connectivity index (χ0n) is 8.78. The smallest absolute Gasteiger partial charge is 0.303 e. The van der Waals surface area contributed by atoms with Crippen LogP contribution in [0.5, 0.6) is 0 Å². The molecule has 80 valence electrons. The molecule has 14 heavy (non-hydrogen) atoms. The van der Waals surface area contributed by atoms with Crippen LogP contribution < -0.4 is 0 Å². The Balaban J connectivity index is 2.20. The molecule has 0 bridgehead atoms. The summed E-state index contributed by atoms with van der Waals surface area (Å²) in [5.41, 5.74) is 0. The van der Waals surface area contributed by atoms with E-state index in [0.717, 1.165) is 13.0 Å². The van der Waals surface area contributed by atoms with E-state index in [0.29, 0.717) is 6.04 Å². The van der Waals surface area contributed by atoms with Crippen molar-refractivity contribution >= 4 is 5.97 Å². The second-order valence-corrected chi connectivity index (χ2v) is 3.90. The van der Waals surface area contributed by atoms with Crippen LogP contribution in [0.2, 0.25) is 0 Å². The first kappa shape index (κ1) is 11.2. The minimum Gasteiger partial charge on any atom is -0.481 e. The Morgan fingerprint density at radius 2 is 2.43 bits per heavy atom. The number of hydrogen-bond donors (Lipinski definition) is 1. The molecular weight excluding hydrogens is 178 g/mol. The number of nitrogens with zero attached hydrogens (tertiary/aromatic N) is 1. The fourth-order valence-electron chi connectivity index (χ4n) is 1.81. The van der Waals surface area contributed by atoms with E-state index in [1.165, 1.54) is 19.3 Å². The Labute approximate surface area is 85.4 Å². The average Bonchev–Trinajstić information content (AvgIpc) is 2.18. The van der Waals surface area contributed by atoms with Crippen LogP contribution in [0.3, 0.4) is 0 Å². The van der Waals surface area contributed by atoms with Gasteiger partial charge < -0.3 is 5.11 Å². The molecule has 3 heteroatoms. The van der Waals surface area contributed by atoms with Gasteiger partial charge in [0.1, 0.15) is 0 Å². The van der Waals surface area contributed by atoms with Crippen molar-refractivity contribution in [2.75, 3.05) is 13.6 Å². The lowest BCUT2D eigenvalue weighted by atomic mass is 10.0. The number of carbonyl (C=O) groups is 1. The molecule has 0 saturated heterocycles. The number of rotatable bonds is 5. The highest BCUT2D eigenvalue weighted by atomic mass is 16.4. The maximum absolute atomic E-state index is 10.3. The lowest BCUT2D eigenvalue weighted by Gasteiger charge is -2.27. The van der Waals surface area contributed by atoms with Gasteiger partial charge in [-0.1, -0.05) is 12.2 Å². The van der Waals surface area contributed by atoms with E-state index in [9.17, 15) is 4.79 Å².